The van der Waals surface area contributed by atoms with E-state index in [1.807, 2.05) is 31.3 Å². The van der Waals surface area contributed by atoms with Crippen LogP contribution in [0.25, 0.3) is 0 Å². The Hall–Kier alpha value is -0.710. The fourth-order valence-corrected chi connectivity index (χ4v) is 3.13. The van der Waals surface area contributed by atoms with Gasteiger partial charge in [-0.15, -0.1) is 0 Å². The number of rotatable bonds is 6. The van der Waals surface area contributed by atoms with Crippen LogP contribution in [0.5, 0.6) is 0 Å². The van der Waals surface area contributed by atoms with Crippen molar-refractivity contribution in [2.45, 2.75) is 24.8 Å². The van der Waals surface area contributed by atoms with Gasteiger partial charge in [0.1, 0.15) is 0 Å². The molecule has 0 aliphatic heterocycles. The van der Waals surface area contributed by atoms with Crippen LogP contribution in [-0.2, 0) is 0 Å². The molecule has 110 valence electrons. The first-order valence-electron chi connectivity index (χ1n) is 7.08. The van der Waals surface area contributed by atoms with Gasteiger partial charge in [0, 0.05) is 22.1 Å². The molecular weight excluding hydrogens is 316 g/mol. The van der Waals surface area contributed by atoms with Gasteiger partial charge in [-0.2, -0.15) is 0 Å². The molecule has 1 saturated carbocycles. The highest BCUT2D eigenvalue weighted by molar-refractivity contribution is 9.10. The highest BCUT2D eigenvalue weighted by Gasteiger charge is 2.39. The summed E-state index contributed by atoms with van der Waals surface area (Å²) in [4.78, 5) is 16.7. The zero-order valence-corrected chi connectivity index (χ0v) is 14.1. The number of Topliss-reactive ketones (excluding diaryl/α,β-unsaturated/α-hetero) is 1. The summed E-state index contributed by atoms with van der Waals surface area (Å²) in [6.45, 7) is 1.44. The van der Waals surface area contributed by atoms with Gasteiger partial charge < -0.3 is 4.90 Å². The smallest absolute Gasteiger partial charge is 0.176 e. The van der Waals surface area contributed by atoms with Crippen molar-refractivity contribution < 1.29 is 4.79 Å². The molecule has 0 unspecified atom stereocenters. The Labute approximate surface area is 130 Å². The summed E-state index contributed by atoms with van der Waals surface area (Å²) >= 11 is 3.39. The van der Waals surface area contributed by atoms with Crippen molar-refractivity contribution in [1.82, 2.24) is 9.80 Å². The Bertz CT molecular complexity index is 466. The third-order valence-electron chi connectivity index (χ3n) is 4.38. The van der Waals surface area contributed by atoms with Crippen molar-refractivity contribution in [3.05, 3.63) is 34.3 Å². The molecule has 0 spiro atoms. The molecule has 1 aromatic carbocycles. The second-order valence-electron chi connectivity index (χ2n) is 6.07. The lowest BCUT2D eigenvalue weighted by Gasteiger charge is -2.49. The Morgan fingerprint density at radius 1 is 1.20 bits per heavy atom. The molecule has 0 amide bonds. The molecule has 0 atom stereocenters. The van der Waals surface area contributed by atoms with Crippen molar-refractivity contribution in [3.63, 3.8) is 0 Å². The van der Waals surface area contributed by atoms with E-state index in [0.717, 1.165) is 16.6 Å². The molecule has 1 aromatic rings. The van der Waals surface area contributed by atoms with E-state index < -0.39 is 0 Å². The quantitative estimate of drug-likeness (QED) is 0.745. The predicted molar refractivity (Wildman–Crippen MR) is 86.2 cm³/mol. The Morgan fingerprint density at radius 3 is 2.25 bits per heavy atom. The number of benzene rings is 1. The van der Waals surface area contributed by atoms with Crippen molar-refractivity contribution in [1.29, 1.82) is 0 Å². The largest absolute Gasteiger partial charge is 0.302 e. The molecule has 2 rings (SSSR count). The van der Waals surface area contributed by atoms with Gasteiger partial charge in [0.15, 0.2) is 5.78 Å². The highest BCUT2D eigenvalue weighted by Crippen LogP contribution is 2.36. The third-order valence-corrected chi connectivity index (χ3v) is 4.91. The first-order chi connectivity index (χ1) is 9.43. The van der Waals surface area contributed by atoms with Gasteiger partial charge in [0.05, 0.1) is 6.54 Å². The minimum atomic E-state index is 0.188. The lowest BCUT2D eigenvalue weighted by molar-refractivity contribution is 0.0280. The van der Waals surface area contributed by atoms with Crippen LogP contribution in [0.15, 0.2) is 28.7 Å². The molecule has 0 saturated heterocycles. The zero-order valence-electron chi connectivity index (χ0n) is 12.5. The van der Waals surface area contributed by atoms with Crippen molar-refractivity contribution in [2.24, 2.45) is 0 Å². The number of hydrogen-bond acceptors (Lipinski definition) is 3. The lowest BCUT2D eigenvalue weighted by Crippen LogP contribution is -2.57. The molecular formula is C16H23BrN2O. The molecule has 0 aromatic heterocycles. The van der Waals surface area contributed by atoms with Crippen LogP contribution < -0.4 is 0 Å². The average Bonchev–Trinajstić information content (AvgIpc) is 2.34. The Morgan fingerprint density at radius 2 is 1.80 bits per heavy atom. The summed E-state index contributed by atoms with van der Waals surface area (Å²) in [5.41, 5.74) is 1.06. The maximum absolute atomic E-state index is 12.3. The Kier molecular flexibility index (Phi) is 4.99. The van der Waals surface area contributed by atoms with Crippen molar-refractivity contribution in [3.8, 4) is 0 Å². The molecule has 0 N–H and O–H groups in total. The number of carbonyl (C=O) groups is 1. The van der Waals surface area contributed by atoms with E-state index in [1.54, 1.807) is 0 Å². The van der Waals surface area contributed by atoms with E-state index in [0.29, 0.717) is 6.54 Å². The number of carbonyl (C=O) groups excluding carboxylic acids is 1. The van der Waals surface area contributed by atoms with Crippen LogP contribution in [0.2, 0.25) is 0 Å². The van der Waals surface area contributed by atoms with E-state index in [9.17, 15) is 4.79 Å². The van der Waals surface area contributed by atoms with Gasteiger partial charge in [-0.25, -0.2) is 0 Å². The molecule has 0 heterocycles. The third kappa shape index (κ3) is 3.48. The van der Waals surface area contributed by atoms with Crippen LogP contribution in [0, 0.1) is 0 Å². The Balaban J connectivity index is 1.92. The maximum Gasteiger partial charge on any atom is 0.176 e. The molecule has 20 heavy (non-hydrogen) atoms. The number of ketones is 1. The molecule has 4 heteroatoms. The van der Waals surface area contributed by atoms with Crippen LogP contribution in [0.3, 0.4) is 0 Å². The van der Waals surface area contributed by atoms with Crippen LogP contribution in [0.1, 0.15) is 29.6 Å². The number of halogens is 1. The summed E-state index contributed by atoms with van der Waals surface area (Å²) in [5.74, 6) is 0.188. The van der Waals surface area contributed by atoms with Crippen LogP contribution in [0.4, 0.5) is 0 Å². The van der Waals surface area contributed by atoms with Gasteiger partial charge in [-0.1, -0.05) is 28.1 Å². The SMILES string of the molecule is CN(CC(=O)c1ccc(Br)cc1)CC1(N(C)C)CCC1. The van der Waals surface area contributed by atoms with E-state index in [4.69, 9.17) is 0 Å². The summed E-state index contributed by atoms with van der Waals surface area (Å²) in [7, 11) is 6.33. The van der Waals surface area contributed by atoms with Gasteiger partial charge in [-0.05, 0) is 52.5 Å². The van der Waals surface area contributed by atoms with Gasteiger partial charge in [0.2, 0.25) is 0 Å². The lowest BCUT2D eigenvalue weighted by atomic mass is 9.75. The number of nitrogens with zero attached hydrogens (tertiary/aromatic N) is 2. The second kappa shape index (κ2) is 6.37. The first-order valence-corrected chi connectivity index (χ1v) is 7.87. The summed E-state index contributed by atoms with van der Waals surface area (Å²) in [6, 6.07) is 7.59. The monoisotopic (exact) mass is 338 g/mol. The normalized spacial score (nSPS) is 17.3. The van der Waals surface area contributed by atoms with Gasteiger partial charge >= 0.3 is 0 Å². The zero-order chi connectivity index (χ0) is 14.8. The molecule has 1 aliphatic rings. The molecule has 1 fully saturated rings. The highest BCUT2D eigenvalue weighted by atomic mass is 79.9. The number of hydrogen-bond donors (Lipinski definition) is 0. The molecule has 3 nitrogen and oxygen atoms in total. The minimum Gasteiger partial charge on any atom is -0.302 e. The van der Waals surface area contributed by atoms with Gasteiger partial charge in [-0.3, -0.25) is 9.69 Å². The van der Waals surface area contributed by atoms with Crippen LogP contribution >= 0.6 is 15.9 Å². The van der Waals surface area contributed by atoms with Crippen molar-refractivity contribution >= 4 is 21.7 Å². The number of likely N-dealkylation sites (N-methyl/N-ethyl adjacent to an activating group) is 2. The average molecular weight is 339 g/mol. The van der Waals surface area contributed by atoms with E-state index >= 15 is 0 Å². The summed E-state index contributed by atoms with van der Waals surface area (Å²) < 4.78 is 1.00. The van der Waals surface area contributed by atoms with E-state index in [2.05, 4.69) is 39.8 Å². The van der Waals surface area contributed by atoms with Crippen molar-refractivity contribution in [2.75, 3.05) is 34.2 Å². The summed E-state index contributed by atoms with van der Waals surface area (Å²) in [6.07, 6.45) is 3.76. The summed E-state index contributed by atoms with van der Waals surface area (Å²) in [5, 5.41) is 0. The fraction of sp³-hybridized carbons (Fsp3) is 0.562. The molecule has 0 radical (unpaired) electrons. The molecule has 1 aliphatic carbocycles. The predicted octanol–water partition coefficient (Wildman–Crippen LogP) is 3.05. The first kappa shape index (κ1) is 15.7. The minimum absolute atomic E-state index is 0.188. The van der Waals surface area contributed by atoms with Crippen LogP contribution in [-0.4, -0.2) is 55.4 Å². The fourth-order valence-electron chi connectivity index (χ4n) is 2.86. The van der Waals surface area contributed by atoms with Gasteiger partial charge in [0.25, 0.3) is 0 Å². The molecule has 0 bridgehead atoms. The van der Waals surface area contributed by atoms with E-state index in [1.165, 1.54) is 19.3 Å². The topological polar surface area (TPSA) is 23.6 Å². The maximum atomic E-state index is 12.3. The standard InChI is InChI=1S/C16H23BrN2O/c1-18(2)16(9-4-10-16)12-19(3)11-15(20)13-5-7-14(17)8-6-13/h5-8H,4,9-12H2,1-3H3. The second-order valence-corrected chi connectivity index (χ2v) is 6.99. The van der Waals surface area contributed by atoms with E-state index in [-0.39, 0.29) is 11.3 Å².